The van der Waals surface area contributed by atoms with Crippen molar-refractivity contribution < 1.29 is 24.3 Å². The van der Waals surface area contributed by atoms with E-state index in [1.807, 2.05) is 56.3 Å². The highest BCUT2D eigenvalue weighted by atomic mass is 16.4. The van der Waals surface area contributed by atoms with Gasteiger partial charge in [-0.2, -0.15) is 0 Å². The second-order valence-electron chi connectivity index (χ2n) is 10.2. The lowest BCUT2D eigenvalue weighted by molar-refractivity contribution is -0.141. The van der Waals surface area contributed by atoms with Crippen molar-refractivity contribution in [2.24, 2.45) is 5.92 Å². The van der Waals surface area contributed by atoms with Crippen molar-refractivity contribution in [3.8, 4) is 0 Å². The SMILES string of the molecule is CC(C)C[C@H](NC(=O)[C@@H]1Cc2c([nH]c3ccccc23)[C@@H]2c3ccccc3C(=O)N21)C(=O)N[C@H](C)C(=O)O. The zero-order valence-electron chi connectivity index (χ0n) is 20.9. The highest BCUT2D eigenvalue weighted by Gasteiger charge is 2.49. The van der Waals surface area contributed by atoms with Crippen molar-refractivity contribution in [2.45, 2.75) is 57.8 Å². The predicted octanol–water partition coefficient (Wildman–Crippen LogP) is 2.76. The Labute approximate surface area is 214 Å². The van der Waals surface area contributed by atoms with Gasteiger partial charge in [-0.1, -0.05) is 50.2 Å². The Bertz CT molecular complexity index is 1410. The summed E-state index contributed by atoms with van der Waals surface area (Å²) in [4.78, 5) is 56.7. The molecule has 9 heteroatoms. The smallest absolute Gasteiger partial charge is 0.325 e. The summed E-state index contributed by atoms with van der Waals surface area (Å²) >= 11 is 0. The first kappa shape index (κ1) is 24.5. The van der Waals surface area contributed by atoms with Crippen LogP contribution in [0, 0.1) is 5.92 Å². The fraction of sp³-hybridized carbons (Fsp3) is 0.357. The molecule has 5 rings (SSSR count). The molecule has 3 amide bonds. The van der Waals surface area contributed by atoms with Crippen LogP contribution >= 0.6 is 0 Å². The van der Waals surface area contributed by atoms with E-state index in [1.165, 1.54) is 6.92 Å². The standard InChI is InChI=1S/C28H30N4O5/c1-14(2)12-21(25(33)29-15(3)28(36)37)31-26(34)22-13-19-16-8-6-7-11-20(16)30-23(19)24-17-9-4-5-10-18(17)27(35)32(22)24/h4-11,14-15,21-22,24,30H,12-13H2,1-3H3,(H,29,33)(H,31,34)(H,36,37)/t15-,21+,22+,24+/m1/s1. The number of aromatic amines is 1. The average Bonchev–Trinajstić information content (AvgIpc) is 3.38. The predicted molar refractivity (Wildman–Crippen MR) is 137 cm³/mol. The van der Waals surface area contributed by atoms with Gasteiger partial charge in [-0.15, -0.1) is 0 Å². The number of aromatic nitrogens is 1. The molecule has 3 heterocycles. The number of benzene rings is 2. The molecule has 0 saturated heterocycles. The van der Waals surface area contributed by atoms with Crippen LogP contribution in [0.25, 0.3) is 10.9 Å². The third-order valence-corrected chi connectivity index (χ3v) is 7.22. The van der Waals surface area contributed by atoms with Crippen LogP contribution in [0.3, 0.4) is 0 Å². The van der Waals surface area contributed by atoms with Crippen LogP contribution in [0.1, 0.15) is 60.4 Å². The van der Waals surface area contributed by atoms with Gasteiger partial charge >= 0.3 is 5.97 Å². The molecule has 0 saturated carbocycles. The molecular weight excluding hydrogens is 472 g/mol. The van der Waals surface area contributed by atoms with E-state index in [9.17, 15) is 24.3 Å². The third-order valence-electron chi connectivity index (χ3n) is 7.22. The molecule has 0 spiro atoms. The lowest BCUT2D eigenvalue weighted by atomic mass is 9.89. The zero-order valence-corrected chi connectivity index (χ0v) is 20.9. The number of carboxylic acid groups (broad SMARTS) is 1. The van der Waals surface area contributed by atoms with Crippen molar-refractivity contribution in [2.75, 3.05) is 0 Å². The number of rotatable bonds is 7. The van der Waals surface area contributed by atoms with Gasteiger partial charge in [0.2, 0.25) is 11.8 Å². The molecule has 2 aliphatic rings. The maximum Gasteiger partial charge on any atom is 0.325 e. The van der Waals surface area contributed by atoms with Crippen molar-refractivity contribution >= 4 is 34.6 Å². The van der Waals surface area contributed by atoms with Crippen LogP contribution < -0.4 is 10.6 Å². The molecule has 37 heavy (non-hydrogen) atoms. The molecule has 4 atom stereocenters. The van der Waals surface area contributed by atoms with Crippen LogP contribution in [0.2, 0.25) is 0 Å². The van der Waals surface area contributed by atoms with E-state index in [1.54, 1.807) is 11.0 Å². The highest BCUT2D eigenvalue weighted by molar-refractivity contribution is 6.04. The Balaban J connectivity index is 1.52. The second kappa shape index (κ2) is 9.38. The van der Waals surface area contributed by atoms with Gasteiger partial charge in [-0.3, -0.25) is 19.2 Å². The van der Waals surface area contributed by atoms with Crippen molar-refractivity contribution in [3.05, 3.63) is 70.9 Å². The van der Waals surface area contributed by atoms with Gasteiger partial charge in [-0.05, 0) is 42.5 Å². The summed E-state index contributed by atoms with van der Waals surface area (Å²) in [5.41, 5.74) is 4.21. The number of carboxylic acids is 1. The second-order valence-corrected chi connectivity index (χ2v) is 10.2. The molecule has 3 aromatic rings. The number of amides is 3. The number of nitrogens with zero attached hydrogens (tertiary/aromatic N) is 1. The molecule has 0 unspecified atom stereocenters. The minimum atomic E-state index is -1.16. The van der Waals surface area contributed by atoms with Crippen molar-refractivity contribution in [1.29, 1.82) is 0 Å². The fourth-order valence-corrected chi connectivity index (χ4v) is 5.48. The van der Waals surface area contributed by atoms with E-state index in [4.69, 9.17) is 0 Å². The van der Waals surface area contributed by atoms with Gasteiger partial charge in [0.15, 0.2) is 0 Å². The molecule has 1 aromatic heterocycles. The Hall–Kier alpha value is -4.14. The number of H-pyrrole nitrogens is 1. The monoisotopic (exact) mass is 502 g/mol. The lowest BCUT2D eigenvalue weighted by Crippen LogP contribution is -2.57. The van der Waals surface area contributed by atoms with Crippen molar-refractivity contribution in [1.82, 2.24) is 20.5 Å². The summed E-state index contributed by atoms with van der Waals surface area (Å²) in [6.45, 7) is 5.21. The van der Waals surface area contributed by atoms with Gasteiger partial charge in [0.25, 0.3) is 5.91 Å². The number of aliphatic carboxylic acids is 1. The van der Waals surface area contributed by atoms with Crippen LogP contribution in [0.5, 0.6) is 0 Å². The van der Waals surface area contributed by atoms with E-state index >= 15 is 0 Å². The zero-order chi connectivity index (χ0) is 26.4. The summed E-state index contributed by atoms with van der Waals surface area (Å²) in [7, 11) is 0. The normalized spacial score (nSPS) is 19.7. The van der Waals surface area contributed by atoms with E-state index in [0.29, 0.717) is 18.4 Å². The summed E-state index contributed by atoms with van der Waals surface area (Å²) < 4.78 is 0. The summed E-state index contributed by atoms with van der Waals surface area (Å²) in [6, 6.07) is 11.9. The maximum atomic E-state index is 13.8. The quantitative estimate of drug-likeness (QED) is 0.395. The number of carbonyl (C=O) groups is 4. The van der Waals surface area contributed by atoms with E-state index in [2.05, 4.69) is 15.6 Å². The molecule has 0 aliphatic carbocycles. The largest absolute Gasteiger partial charge is 0.480 e. The van der Waals surface area contributed by atoms with Crippen molar-refractivity contribution in [3.63, 3.8) is 0 Å². The Morgan fingerprint density at radius 3 is 2.49 bits per heavy atom. The minimum Gasteiger partial charge on any atom is -0.480 e. The van der Waals surface area contributed by atoms with Crippen LogP contribution in [-0.2, 0) is 20.8 Å². The van der Waals surface area contributed by atoms with E-state index < -0.39 is 42.0 Å². The fourth-order valence-electron chi connectivity index (χ4n) is 5.48. The molecule has 2 aliphatic heterocycles. The topological polar surface area (TPSA) is 132 Å². The van der Waals surface area contributed by atoms with Gasteiger partial charge in [0.1, 0.15) is 18.1 Å². The van der Waals surface area contributed by atoms with Crippen LogP contribution in [0.15, 0.2) is 48.5 Å². The minimum absolute atomic E-state index is 0.0631. The lowest BCUT2D eigenvalue weighted by Gasteiger charge is -2.38. The number of fused-ring (bicyclic) bond motifs is 7. The molecule has 2 aromatic carbocycles. The molecule has 0 bridgehead atoms. The maximum absolute atomic E-state index is 13.8. The van der Waals surface area contributed by atoms with Gasteiger partial charge < -0.3 is 25.6 Å². The molecule has 0 fully saturated rings. The van der Waals surface area contributed by atoms with Gasteiger partial charge in [0.05, 0.1) is 6.04 Å². The summed E-state index contributed by atoms with van der Waals surface area (Å²) in [5.74, 6) is -2.33. The molecule has 9 nitrogen and oxygen atoms in total. The number of hydrogen-bond acceptors (Lipinski definition) is 4. The number of carbonyl (C=O) groups excluding carboxylic acids is 3. The van der Waals surface area contributed by atoms with Gasteiger partial charge in [0, 0.05) is 28.6 Å². The van der Waals surface area contributed by atoms with Gasteiger partial charge in [-0.25, -0.2) is 0 Å². The van der Waals surface area contributed by atoms with Crippen LogP contribution in [-0.4, -0.2) is 56.8 Å². The van der Waals surface area contributed by atoms with Crippen LogP contribution in [0.4, 0.5) is 0 Å². The number of para-hydroxylation sites is 1. The summed E-state index contributed by atoms with van der Waals surface area (Å²) in [5, 5.41) is 15.5. The molecular formula is C28H30N4O5. The Morgan fingerprint density at radius 2 is 1.76 bits per heavy atom. The Morgan fingerprint density at radius 1 is 1.05 bits per heavy atom. The van der Waals surface area contributed by atoms with E-state index in [-0.39, 0.29) is 11.8 Å². The first-order chi connectivity index (χ1) is 17.7. The van der Waals surface area contributed by atoms with E-state index in [0.717, 1.165) is 27.7 Å². The molecule has 192 valence electrons. The average molecular weight is 503 g/mol. The number of nitrogens with one attached hydrogen (secondary N) is 3. The Kier molecular flexibility index (Phi) is 6.23. The molecule has 0 radical (unpaired) electrons. The highest BCUT2D eigenvalue weighted by Crippen LogP contribution is 2.46. The molecule has 4 N–H and O–H groups in total. The first-order valence-electron chi connectivity index (χ1n) is 12.5. The number of hydrogen-bond donors (Lipinski definition) is 4. The third kappa shape index (κ3) is 4.24. The first-order valence-corrected chi connectivity index (χ1v) is 12.5. The summed E-state index contributed by atoms with van der Waals surface area (Å²) in [6.07, 6.45) is 0.621.